The molecule has 7 rings (SSSR count). The molecule has 212 valence electrons. The normalized spacial score (nSPS) is 22.9. The van der Waals surface area contributed by atoms with Crippen molar-refractivity contribution in [1.82, 2.24) is 4.90 Å². The molecule has 4 atom stereocenters. The average molecular weight is 571 g/mol. The Hall–Kier alpha value is -5.30. The van der Waals surface area contributed by atoms with E-state index in [9.17, 15) is 18.8 Å². The second kappa shape index (κ2) is 10.2. The highest BCUT2D eigenvalue weighted by molar-refractivity contribution is 6.16. The van der Waals surface area contributed by atoms with Crippen molar-refractivity contribution >= 4 is 29.2 Å². The molecule has 3 aliphatic heterocycles. The highest BCUT2D eigenvalue weighted by atomic mass is 19.1. The first-order valence-corrected chi connectivity index (χ1v) is 14.1. The molecule has 3 aliphatic rings. The Morgan fingerprint density at radius 1 is 0.907 bits per heavy atom. The van der Waals surface area contributed by atoms with Crippen LogP contribution in [0.25, 0.3) is 6.08 Å². The van der Waals surface area contributed by atoms with Crippen molar-refractivity contribution < 1.29 is 23.5 Å². The van der Waals surface area contributed by atoms with Gasteiger partial charge in [-0.3, -0.25) is 14.4 Å². The van der Waals surface area contributed by atoms with Gasteiger partial charge in [-0.05, 0) is 77.4 Å². The van der Waals surface area contributed by atoms with Crippen molar-refractivity contribution in [2.75, 3.05) is 11.9 Å². The zero-order valence-corrected chi connectivity index (χ0v) is 23.1. The lowest BCUT2D eigenvalue weighted by atomic mass is 9.62. The number of carbonyl (C=O) groups excluding carboxylic acids is 3. The zero-order chi connectivity index (χ0) is 29.7. The lowest BCUT2D eigenvalue weighted by molar-refractivity contribution is -0.122. The van der Waals surface area contributed by atoms with Crippen LogP contribution in [-0.4, -0.2) is 35.0 Å². The van der Waals surface area contributed by atoms with E-state index in [1.807, 2.05) is 65.7 Å². The Bertz CT molecular complexity index is 1810. The van der Waals surface area contributed by atoms with Gasteiger partial charge in [0.1, 0.15) is 29.6 Å². The number of nitrogens with zero attached hydrogens (tertiary/aromatic N) is 1. The van der Waals surface area contributed by atoms with Gasteiger partial charge in [-0.15, -0.1) is 0 Å². The van der Waals surface area contributed by atoms with Crippen molar-refractivity contribution in [1.29, 1.82) is 0 Å². The van der Waals surface area contributed by atoms with Gasteiger partial charge in [-0.25, -0.2) is 4.39 Å². The van der Waals surface area contributed by atoms with Gasteiger partial charge in [-0.2, -0.15) is 0 Å². The van der Waals surface area contributed by atoms with E-state index in [0.29, 0.717) is 29.2 Å². The van der Waals surface area contributed by atoms with Crippen molar-refractivity contribution in [3.63, 3.8) is 0 Å². The largest absolute Gasteiger partial charge is 0.490 e. The second-order valence-electron chi connectivity index (χ2n) is 10.9. The van der Waals surface area contributed by atoms with E-state index in [1.165, 1.54) is 24.3 Å². The molecule has 43 heavy (non-hydrogen) atoms. The molecule has 1 spiro atoms. The molecule has 7 heteroatoms. The highest BCUT2D eigenvalue weighted by Gasteiger charge is 2.70. The summed E-state index contributed by atoms with van der Waals surface area (Å²) in [6.45, 7) is 3.98. The quantitative estimate of drug-likeness (QED) is 0.206. The Labute approximate surface area is 248 Å². The fourth-order valence-electron chi connectivity index (χ4n) is 7.00. The lowest BCUT2D eigenvalue weighted by Crippen LogP contribution is -2.49. The number of para-hydroxylation sites is 1. The van der Waals surface area contributed by atoms with Crippen molar-refractivity contribution in [3.8, 4) is 5.75 Å². The van der Waals surface area contributed by atoms with Gasteiger partial charge in [0.2, 0.25) is 5.91 Å². The number of halogens is 1. The monoisotopic (exact) mass is 570 g/mol. The molecule has 1 N–H and O–H groups in total. The third-order valence-electron chi connectivity index (χ3n) is 8.76. The number of hydrogen-bond donors (Lipinski definition) is 1. The molecule has 3 heterocycles. The number of hydrogen-bond acceptors (Lipinski definition) is 5. The molecule has 6 nitrogen and oxygen atoms in total. The number of ether oxygens (including phenoxy) is 1. The molecule has 0 radical (unpaired) electrons. The summed E-state index contributed by atoms with van der Waals surface area (Å²) < 4.78 is 19.5. The molecule has 1 amide bonds. The number of amides is 1. The van der Waals surface area contributed by atoms with Gasteiger partial charge < -0.3 is 15.0 Å². The highest BCUT2D eigenvalue weighted by Crippen LogP contribution is 2.62. The summed E-state index contributed by atoms with van der Waals surface area (Å²) in [6.07, 6.45) is 5.35. The summed E-state index contributed by atoms with van der Waals surface area (Å²) in [5.41, 5.74) is 2.20. The van der Waals surface area contributed by atoms with Crippen LogP contribution in [0.2, 0.25) is 0 Å². The van der Waals surface area contributed by atoms with Crippen LogP contribution in [-0.2, 0) is 10.2 Å². The molecule has 4 aromatic rings. The molecule has 4 aromatic carbocycles. The van der Waals surface area contributed by atoms with Crippen LogP contribution in [0.3, 0.4) is 0 Å². The third-order valence-corrected chi connectivity index (χ3v) is 8.76. The van der Waals surface area contributed by atoms with Gasteiger partial charge in [-0.1, -0.05) is 55.1 Å². The number of nitrogens with one attached hydrogen (secondary N) is 1. The van der Waals surface area contributed by atoms with Gasteiger partial charge in [0.25, 0.3) is 0 Å². The van der Waals surface area contributed by atoms with E-state index in [0.717, 1.165) is 11.1 Å². The summed E-state index contributed by atoms with van der Waals surface area (Å²) >= 11 is 0. The number of carbonyl (C=O) groups is 3. The van der Waals surface area contributed by atoms with Crippen molar-refractivity contribution in [2.45, 2.75) is 17.5 Å². The van der Waals surface area contributed by atoms with Crippen LogP contribution in [0.1, 0.15) is 43.4 Å². The topological polar surface area (TPSA) is 75.7 Å². The van der Waals surface area contributed by atoms with Crippen LogP contribution in [0.5, 0.6) is 5.75 Å². The maximum atomic E-state index is 14.8. The van der Waals surface area contributed by atoms with Crippen LogP contribution in [0.15, 0.2) is 116 Å². The fourth-order valence-corrected chi connectivity index (χ4v) is 7.00. The molecule has 0 saturated carbocycles. The molecule has 1 fully saturated rings. The summed E-state index contributed by atoms with van der Waals surface area (Å²) in [6, 6.07) is 25.4. The third kappa shape index (κ3) is 3.96. The molecular formula is C36H27FN2O4. The minimum Gasteiger partial charge on any atom is -0.490 e. The lowest BCUT2D eigenvalue weighted by Gasteiger charge is -2.38. The summed E-state index contributed by atoms with van der Waals surface area (Å²) in [5, 5.41) is 3.04. The Morgan fingerprint density at radius 2 is 1.58 bits per heavy atom. The molecule has 1 saturated heterocycles. The number of rotatable bonds is 7. The zero-order valence-electron chi connectivity index (χ0n) is 23.1. The van der Waals surface area contributed by atoms with E-state index in [-0.39, 0.29) is 23.0 Å². The number of fused-ring (bicyclic) bond motifs is 6. The van der Waals surface area contributed by atoms with Gasteiger partial charge in [0.05, 0.1) is 12.0 Å². The van der Waals surface area contributed by atoms with Crippen molar-refractivity contribution in [3.05, 3.63) is 150 Å². The van der Waals surface area contributed by atoms with E-state index in [2.05, 4.69) is 11.9 Å². The predicted octanol–water partition coefficient (Wildman–Crippen LogP) is 6.37. The second-order valence-corrected chi connectivity index (χ2v) is 10.9. The Balaban J connectivity index is 1.47. The SMILES string of the molecule is C=CCOc1ccc(C(=O)[C@@H]2[C@H](C(=O)c3ccc(F)cc3)N3C=Cc4ccccc4[C@@H]3[C@]23C(=O)Nc2ccccc23)cc1. The van der Waals surface area contributed by atoms with E-state index < -0.39 is 29.2 Å². The summed E-state index contributed by atoms with van der Waals surface area (Å²) in [4.78, 5) is 45.7. The maximum absolute atomic E-state index is 14.8. The van der Waals surface area contributed by atoms with Crippen LogP contribution in [0.4, 0.5) is 10.1 Å². The first-order valence-electron chi connectivity index (χ1n) is 14.1. The minimum absolute atomic E-state index is 0.257. The average Bonchev–Trinajstić information content (AvgIpc) is 3.52. The molecule has 0 aliphatic carbocycles. The van der Waals surface area contributed by atoms with Gasteiger partial charge in [0.15, 0.2) is 11.6 Å². The minimum atomic E-state index is -1.44. The Kier molecular flexibility index (Phi) is 6.31. The van der Waals surface area contributed by atoms with Crippen molar-refractivity contribution in [2.24, 2.45) is 5.92 Å². The first kappa shape index (κ1) is 26.6. The summed E-state index contributed by atoms with van der Waals surface area (Å²) in [5.74, 6) is -2.08. The van der Waals surface area contributed by atoms with E-state index in [1.54, 1.807) is 30.3 Å². The number of anilines is 1. The molecule has 0 unspecified atom stereocenters. The smallest absolute Gasteiger partial charge is 0.238 e. The van der Waals surface area contributed by atoms with Gasteiger partial charge >= 0.3 is 0 Å². The standard InChI is InChI=1S/C36H27FN2O4/c1-2-21-43-26-17-13-23(14-18-26)32(40)30-31(33(41)24-11-15-25(37)16-12-24)39-20-19-22-7-3-4-8-27(22)34(39)36(30)28-9-5-6-10-29(28)38-35(36)42/h2-20,30-31,34H,1,21H2,(H,38,42)/t30-,31+,34+,36+/m0/s1. The Morgan fingerprint density at radius 3 is 2.35 bits per heavy atom. The molecule has 0 bridgehead atoms. The van der Waals surface area contributed by atoms with E-state index in [4.69, 9.17) is 4.74 Å². The first-order chi connectivity index (χ1) is 20.9. The van der Waals surface area contributed by atoms with E-state index >= 15 is 0 Å². The number of ketones is 2. The maximum Gasteiger partial charge on any atom is 0.238 e. The molecule has 0 aromatic heterocycles. The summed E-state index contributed by atoms with van der Waals surface area (Å²) in [7, 11) is 0. The number of Topliss-reactive ketones (excluding diaryl/α,β-unsaturated/α-hetero) is 2. The fraction of sp³-hybridized carbons (Fsp3) is 0.139. The van der Waals surface area contributed by atoms with Crippen LogP contribution >= 0.6 is 0 Å². The van der Waals surface area contributed by atoms with Gasteiger partial charge in [0, 0.05) is 23.0 Å². The predicted molar refractivity (Wildman–Crippen MR) is 161 cm³/mol. The van der Waals surface area contributed by atoms with Crippen LogP contribution < -0.4 is 10.1 Å². The number of benzene rings is 4. The van der Waals surface area contributed by atoms with Crippen LogP contribution in [0, 0.1) is 11.7 Å². The molecular weight excluding hydrogens is 543 g/mol.